The summed E-state index contributed by atoms with van der Waals surface area (Å²) in [7, 11) is 0. The van der Waals surface area contributed by atoms with E-state index in [2.05, 4.69) is 15.6 Å². The number of halogens is 3. The fraction of sp³-hybridized carbons (Fsp3) is 0.450. The van der Waals surface area contributed by atoms with Gasteiger partial charge in [-0.3, -0.25) is 4.79 Å². The van der Waals surface area contributed by atoms with E-state index in [1.807, 2.05) is 6.07 Å². The molecule has 1 aliphatic rings. The van der Waals surface area contributed by atoms with Crippen LogP contribution in [0.3, 0.4) is 0 Å². The summed E-state index contributed by atoms with van der Waals surface area (Å²) < 4.78 is 63.6. The van der Waals surface area contributed by atoms with Crippen LogP contribution in [0.4, 0.5) is 13.2 Å². The van der Waals surface area contributed by atoms with Crippen molar-refractivity contribution in [3.63, 3.8) is 0 Å². The maximum Gasteiger partial charge on any atom is 0.423 e. The smallest absolute Gasteiger partial charge is 0.393 e. The summed E-state index contributed by atoms with van der Waals surface area (Å²) in [6.07, 6.45) is -5.28. The third-order valence-electron chi connectivity index (χ3n) is 4.63. The number of alkyl halides is 3. The molecule has 1 aliphatic heterocycles. The second kappa shape index (κ2) is 8.66. The highest BCUT2D eigenvalue weighted by Gasteiger charge is 2.54. The number of aliphatic hydroxyl groups excluding tert-OH is 1. The van der Waals surface area contributed by atoms with E-state index in [1.54, 1.807) is 13.8 Å². The van der Waals surface area contributed by atoms with Gasteiger partial charge < -0.3 is 26.6 Å². The first-order valence-corrected chi connectivity index (χ1v) is 9.02. The van der Waals surface area contributed by atoms with E-state index >= 15 is 0 Å². The first kappa shape index (κ1) is 20.0. The molecule has 1 amide bonds. The molecule has 31 heavy (non-hydrogen) atoms. The van der Waals surface area contributed by atoms with Crippen LogP contribution in [-0.4, -0.2) is 47.3 Å². The van der Waals surface area contributed by atoms with Gasteiger partial charge in [-0.2, -0.15) is 18.4 Å². The third-order valence-corrected chi connectivity index (χ3v) is 4.63. The zero-order valence-electron chi connectivity index (χ0n) is 19.7. The molecule has 0 fully saturated rings. The quantitative estimate of drug-likeness (QED) is 0.445. The summed E-state index contributed by atoms with van der Waals surface area (Å²) >= 11 is 0. The van der Waals surface area contributed by atoms with E-state index in [0.717, 1.165) is 24.4 Å². The number of amides is 1. The lowest BCUT2D eigenvalue weighted by Crippen LogP contribution is -2.51. The highest BCUT2D eigenvalue weighted by Crippen LogP contribution is 2.40. The Hall–Kier alpha value is -2.94. The summed E-state index contributed by atoms with van der Waals surface area (Å²) in [6.45, 7) is -1.40. The average Bonchev–Trinajstić information content (AvgIpc) is 2.75. The molecule has 1 heterocycles. The number of nitrogens with two attached hydrogens (primary N) is 1. The van der Waals surface area contributed by atoms with Crippen molar-refractivity contribution in [1.29, 1.82) is 5.26 Å². The Morgan fingerprint density at radius 3 is 2.68 bits per heavy atom. The molecular weight excluding hydrogens is 415 g/mol. The van der Waals surface area contributed by atoms with Crippen LogP contribution in [0.2, 0.25) is 0 Å². The topological polar surface area (TPSA) is 144 Å². The summed E-state index contributed by atoms with van der Waals surface area (Å²) in [6, 6.07) is 4.35. The fourth-order valence-electron chi connectivity index (χ4n) is 2.60. The Balaban J connectivity index is 2.60. The SMILES string of the molecule is [2H]C([2H])([2H])c1ccc([C@](O)(CO)C(F)(F)F)cc1C1=CNC(N)C(C(=O)NCC(C)(C)C#N)=N1. The van der Waals surface area contributed by atoms with Crippen LogP contribution in [0.5, 0.6) is 0 Å². The van der Waals surface area contributed by atoms with Crippen LogP contribution in [0.25, 0.3) is 5.70 Å². The summed E-state index contributed by atoms with van der Waals surface area (Å²) in [5, 5.41) is 33.5. The fourth-order valence-corrected chi connectivity index (χ4v) is 2.60. The Kier molecular flexibility index (Phi) is 5.59. The van der Waals surface area contributed by atoms with Gasteiger partial charge in [-0.25, -0.2) is 4.99 Å². The van der Waals surface area contributed by atoms with Crippen LogP contribution in [0, 0.1) is 23.6 Å². The van der Waals surface area contributed by atoms with Gasteiger partial charge in [-0.1, -0.05) is 12.1 Å². The zero-order valence-corrected chi connectivity index (χ0v) is 16.7. The molecule has 2 atom stereocenters. The van der Waals surface area contributed by atoms with E-state index in [9.17, 15) is 28.2 Å². The number of carbonyl (C=O) groups is 1. The van der Waals surface area contributed by atoms with Gasteiger partial charge in [-0.15, -0.1) is 0 Å². The van der Waals surface area contributed by atoms with Gasteiger partial charge in [0.15, 0.2) is 0 Å². The number of hydrogen-bond acceptors (Lipinski definition) is 7. The van der Waals surface area contributed by atoms with Gasteiger partial charge in [0.1, 0.15) is 11.9 Å². The molecule has 0 saturated carbocycles. The average molecular weight is 442 g/mol. The number of nitrogens with zero attached hydrogens (tertiary/aromatic N) is 2. The van der Waals surface area contributed by atoms with E-state index in [0.29, 0.717) is 0 Å². The number of aliphatic hydroxyl groups is 2. The number of aliphatic imine (C=N–C) groups is 1. The lowest BCUT2D eigenvalue weighted by Gasteiger charge is -2.30. The van der Waals surface area contributed by atoms with Crippen molar-refractivity contribution >= 4 is 17.3 Å². The van der Waals surface area contributed by atoms with E-state index < -0.39 is 53.9 Å². The number of nitriles is 1. The van der Waals surface area contributed by atoms with Crippen LogP contribution in [-0.2, 0) is 10.4 Å². The predicted octanol–water partition coefficient (Wildman–Crippen LogP) is 1.03. The lowest BCUT2D eigenvalue weighted by molar-refractivity contribution is -0.277. The standard InChI is InChI=1S/C20H24F3N5O3/c1-11-4-5-12(19(31,10-29)20(21,22)23)6-13(11)14-7-26-16(25)15(28-14)17(30)27-9-18(2,3)8-24/h4-7,16,26,29,31H,9-10,25H2,1-3H3,(H,27,30)/t16?,19-/m1/s1/i1D3. The highest BCUT2D eigenvalue weighted by atomic mass is 19.4. The predicted molar refractivity (Wildman–Crippen MR) is 107 cm³/mol. The molecule has 1 unspecified atom stereocenters. The Morgan fingerprint density at radius 2 is 2.13 bits per heavy atom. The largest absolute Gasteiger partial charge is 0.423 e. The number of carbonyl (C=O) groups excluding carboxylic acids is 1. The van der Waals surface area contributed by atoms with E-state index in [1.165, 1.54) is 0 Å². The maximum atomic E-state index is 13.5. The molecule has 0 bridgehead atoms. The van der Waals surface area contributed by atoms with E-state index in [-0.39, 0.29) is 23.5 Å². The minimum Gasteiger partial charge on any atom is -0.393 e. The van der Waals surface area contributed by atoms with Crippen molar-refractivity contribution in [3.05, 3.63) is 41.1 Å². The molecule has 0 saturated heterocycles. The monoisotopic (exact) mass is 442 g/mol. The number of nitrogens with one attached hydrogen (secondary N) is 2. The molecule has 1 aromatic carbocycles. The molecule has 2 rings (SSSR count). The van der Waals surface area contributed by atoms with Crippen LogP contribution >= 0.6 is 0 Å². The highest BCUT2D eigenvalue weighted by molar-refractivity contribution is 6.41. The molecule has 0 spiro atoms. The van der Waals surface area contributed by atoms with Gasteiger partial charge in [0.25, 0.3) is 5.91 Å². The second-order valence-corrected chi connectivity index (χ2v) is 7.63. The van der Waals surface area contributed by atoms with E-state index in [4.69, 9.17) is 15.1 Å². The summed E-state index contributed by atoms with van der Waals surface area (Å²) in [5.41, 5.74) is -0.827. The lowest BCUT2D eigenvalue weighted by atomic mass is 9.90. The Bertz CT molecular complexity index is 1060. The first-order chi connectivity index (χ1) is 15.5. The molecule has 0 aromatic heterocycles. The van der Waals surface area contributed by atoms with Crippen molar-refractivity contribution < 1.29 is 32.3 Å². The summed E-state index contributed by atoms with van der Waals surface area (Å²) in [4.78, 5) is 16.7. The molecule has 1 aromatic rings. The Morgan fingerprint density at radius 1 is 1.45 bits per heavy atom. The molecule has 0 radical (unpaired) electrons. The summed E-state index contributed by atoms with van der Waals surface area (Å²) in [5.74, 6) is -0.775. The van der Waals surface area contributed by atoms with Crippen LogP contribution < -0.4 is 16.4 Å². The van der Waals surface area contributed by atoms with Crippen molar-refractivity contribution in [2.45, 2.75) is 38.6 Å². The van der Waals surface area contributed by atoms with Gasteiger partial charge >= 0.3 is 6.18 Å². The molecular formula is C20H24F3N5O3. The minimum absolute atomic E-state index is 0.0573. The van der Waals surface area contributed by atoms with Gasteiger partial charge in [0.2, 0.25) is 5.60 Å². The molecule has 8 nitrogen and oxygen atoms in total. The number of rotatable bonds is 6. The van der Waals surface area contributed by atoms with Crippen molar-refractivity contribution in [3.8, 4) is 6.07 Å². The van der Waals surface area contributed by atoms with Crippen LogP contribution in [0.15, 0.2) is 29.4 Å². The molecule has 0 aliphatic carbocycles. The second-order valence-electron chi connectivity index (χ2n) is 7.63. The van der Waals surface area contributed by atoms with Gasteiger partial charge in [0, 0.05) is 22.4 Å². The number of aryl methyl sites for hydroxylation is 1. The molecule has 6 N–H and O–H groups in total. The maximum absolute atomic E-state index is 13.5. The first-order valence-electron chi connectivity index (χ1n) is 10.5. The van der Waals surface area contributed by atoms with Crippen LogP contribution in [0.1, 0.15) is 34.7 Å². The Labute approximate surface area is 181 Å². The van der Waals surface area contributed by atoms with Gasteiger partial charge in [0.05, 0.1) is 23.8 Å². The van der Waals surface area contributed by atoms with Crippen molar-refractivity contribution in [2.24, 2.45) is 16.1 Å². The number of hydrogen-bond donors (Lipinski definition) is 5. The minimum atomic E-state index is -5.27. The van der Waals surface area contributed by atoms with Gasteiger partial charge in [-0.05, 0) is 37.9 Å². The molecule has 11 heteroatoms. The number of benzene rings is 1. The van der Waals surface area contributed by atoms with Crippen molar-refractivity contribution in [2.75, 3.05) is 13.2 Å². The normalized spacial score (nSPS) is 20.6. The zero-order chi connectivity index (χ0) is 26.1. The van der Waals surface area contributed by atoms with Crippen molar-refractivity contribution in [1.82, 2.24) is 10.6 Å². The molecule has 168 valence electrons. The third kappa shape index (κ3) is 5.04.